The molecule has 2 N–H and O–H groups in total. The van der Waals surface area contributed by atoms with Crippen LogP contribution in [0.25, 0.3) is 0 Å². The number of rotatable bonds is 7. The number of amides is 1. The minimum atomic E-state index is -0.217. The van der Waals surface area contributed by atoms with E-state index < -0.39 is 0 Å². The summed E-state index contributed by atoms with van der Waals surface area (Å²) in [7, 11) is 3.22. The van der Waals surface area contributed by atoms with E-state index in [0.29, 0.717) is 29.4 Å². The summed E-state index contributed by atoms with van der Waals surface area (Å²) >= 11 is 0. The van der Waals surface area contributed by atoms with Crippen LogP contribution in [0.15, 0.2) is 66.9 Å². The highest BCUT2D eigenvalue weighted by Gasteiger charge is 2.08. The number of benzene rings is 2. The molecule has 0 aliphatic rings. The summed E-state index contributed by atoms with van der Waals surface area (Å²) in [6.07, 6.45) is 1.61. The number of ether oxygens (including phenoxy) is 2. The van der Waals surface area contributed by atoms with Gasteiger partial charge in [0.05, 0.1) is 26.1 Å². The number of pyridine rings is 1. The summed E-state index contributed by atoms with van der Waals surface area (Å²) in [6, 6.07) is 18.4. The third-order valence-corrected chi connectivity index (χ3v) is 4.01. The molecule has 0 spiro atoms. The van der Waals surface area contributed by atoms with Crippen LogP contribution >= 0.6 is 0 Å². The maximum Gasteiger partial charge on any atom is 0.255 e. The van der Waals surface area contributed by atoms with Gasteiger partial charge in [-0.05, 0) is 36.4 Å². The highest BCUT2D eigenvalue weighted by Crippen LogP contribution is 2.19. The molecule has 0 unspecified atom stereocenters. The minimum Gasteiger partial charge on any atom is -0.497 e. The third-order valence-electron chi connectivity index (χ3n) is 4.01. The Labute approximate surface area is 158 Å². The van der Waals surface area contributed by atoms with Crippen molar-refractivity contribution in [2.24, 2.45) is 0 Å². The Morgan fingerprint density at radius 1 is 1.00 bits per heavy atom. The van der Waals surface area contributed by atoms with Crippen LogP contribution in [0.4, 0.5) is 11.5 Å². The van der Waals surface area contributed by atoms with E-state index in [-0.39, 0.29) is 5.91 Å². The van der Waals surface area contributed by atoms with Gasteiger partial charge >= 0.3 is 0 Å². The van der Waals surface area contributed by atoms with Crippen LogP contribution in [-0.2, 0) is 6.54 Å². The second-order valence-electron chi connectivity index (χ2n) is 5.78. The predicted octanol–water partition coefficient (Wildman–Crippen LogP) is 3.96. The first-order valence-corrected chi connectivity index (χ1v) is 8.47. The van der Waals surface area contributed by atoms with Gasteiger partial charge in [-0.2, -0.15) is 0 Å². The maximum absolute atomic E-state index is 12.3. The monoisotopic (exact) mass is 363 g/mol. The van der Waals surface area contributed by atoms with Crippen LogP contribution in [-0.4, -0.2) is 25.1 Å². The lowest BCUT2D eigenvalue weighted by Crippen LogP contribution is -2.12. The molecule has 1 aromatic heterocycles. The Bertz CT molecular complexity index is 911. The average Bonchev–Trinajstić information content (AvgIpc) is 2.73. The van der Waals surface area contributed by atoms with E-state index in [2.05, 4.69) is 15.6 Å². The fraction of sp³-hybridized carbons (Fsp3) is 0.143. The van der Waals surface area contributed by atoms with Crippen LogP contribution in [0, 0.1) is 0 Å². The summed E-state index contributed by atoms with van der Waals surface area (Å²) in [5.41, 5.74) is 2.18. The van der Waals surface area contributed by atoms with Crippen molar-refractivity contribution in [3.63, 3.8) is 0 Å². The molecule has 6 nitrogen and oxygen atoms in total. The van der Waals surface area contributed by atoms with Gasteiger partial charge in [-0.1, -0.05) is 24.3 Å². The summed E-state index contributed by atoms with van der Waals surface area (Å²) in [5, 5.41) is 6.07. The van der Waals surface area contributed by atoms with Crippen molar-refractivity contribution in [3.05, 3.63) is 78.0 Å². The van der Waals surface area contributed by atoms with Crippen LogP contribution in [0.1, 0.15) is 15.9 Å². The number of nitrogens with one attached hydrogen (secondary N) is 2. The number of para-hydroxylation sites is 1. The highest BCUT2D eigenvalue weighted by atomic mass is 16.5. The van der Waals surface area contributed by atoms with Crippen LogP contribution in [0.3, 0.4) is 0 Å². The highest BCUT2D eigenvalue weighted by molar-refractivity contribution is 6.04. The van der Waals surface area contributed by atoms with E-state index in [1.54, 1.807) is 50.7 Å². The van der Waals surface area contributed by atoms with E-state index in [9.17, 15) is 4.79 Å². The Morgan fingerprint density at radius 2 is 1.85 bits per heavy atom. The first-order chi connectivity index (χ1) is 13.2. The molecule has 0 atom stereocenters. The molecule has 0 saturated carbocycles. The quantitative estimate of drug-likeness (QED) is 0.665. The molecule has 2 aromatic carbocycles. The van der Waals surface area contributed by atoms with Crippen molar-refractivity contribution in [2.45, 2.75) is 6.54 Å². The molecule has 0 saturated heterocycles. The van der Waals surface area contributed by atoms with E-state index in [1.807, 2.05) is 30.3 Å². The third kappa shape index (κ3) is 4.76. The lowest BCUT2D eigenvalue weighted by atomic mass is 10.2. The molecule has 3 rings (SSSR count). The first kappa shape index (κ1) is 18.3. The zero-order chi connectivity index (χ0) is 19.1. The first-order valence-electron chi connectivity index (χ1n) is 8.47. The Morgan fingerprint density at radius 3 is 2.59 bits per heavy atom. The zero-order valence-electron chi connectivity index (χ0n) is 15.2. The second kappa shape index (κ2) is 8.71. The minimum absolute atomic E-state index is 0.217. The smallest absolute Gasteiger partial charge is 0.255 e. The van der Waals surface area contributed by atoms with Crippen molar-refractivity contribution >= 4 is 17.4 Å². The van der Waals surface area contributed by atoms with Crippen molar-refractivity contribution in [3.8, 4) is 11.5 Å². The van der Waals surface area contributed by atoms with Crippen LogP contribution < -0.4 is 20.1 Å². The van der Waals surface area contributed by atoms with Gasteiger partial charge in [0.15, 0.2) is 0 Å². The molecule has 0 bridgehead atoms. The maximum atomic E-state index is 12.3. The lowest BCUT2D eigenvalue weighted by Gasteiger charge is -2.11. The van der Waals surface area contributed by atoms with Gasteiger partial charge < -0.3 is 20.1 Å². The van der Waals surface area contributed by atoms with E-state index >= 15 is 0 Å². The summed E-state index contributed by atoms with van der Waals surface area (Å²) in [4.78, 5) is 16.7. The standard InChI is InChI=1S/C21H21N3O3/c1-26-18-8-5-7-15(12-18)21(25)24-17-10-11-20(23-14-17)22-13-16-6-3-4-9-19(16)27-2/h3-12,14H,13H2,1-2H3,(H,22,23)(H,24,25). The number of hydrogen-bond acceptors (Lipinski definition) is 5. The predicted molar refractivity (Wildman–Crippen MR) is 106 cm³/mol. The molecular formula is C21H21N3O3. The molecule has 3 aromatic rings. The van der Waals surface area contributed by atoms with Gasteiger partial charge in [0.1, 0.15) is 17.3 Å². The summed E-state index contributed by atoms with van der Waals surface area (Å²) in [5.74, 6) is 1.95. The zero-order valence-corrected chi connectivity index (χ0v) is 15.2. The van der Waals surface area contributed by atoms with E-state index in [4.69, 9.17) is 9.47 Å². The fourth-order valence-corrected chi connectivity index (χ4v) is 2.57. The normalized spacial score (nSPS) is 10.1. The largest absolute Gasteiger partial charge is 0.497 e. The van der Waals surface area contributed by atoms with Crippen molar-refractivity contribution < 1.29 is 14.3 Å². The molecule has 27 heavy (non-hydrogen) atoms. The molecule has 0 aliphatic carbocycles. The van der Waals surface area contributed by atoms with Crippen LogP contribution in [0.2, 0.25) is 0 Å². The van der Waals surface area contributed by atoms with Gasteiger partial charge in [-0.3, -0.25) is 4.79 Å². The molecule has 138 valence electrons. The Hall–Kier alpha value is -3.54. The molecule has 1 heterocycles. The summed E-state index contributed by atoms with van der Waals surface area (Å²) in [6.45, 7) is 0.590. The van der Waals surface area contributed by atoms with Gasteiger partial charge in [-0.15, -0.1) is 0 Å². The van der Waals surface area contributed by atoms with Crippen molar-refractivity contribution in [1.82, 2.24) is 4.98 Å². The Kier molecular flexibility index (Phi) is 5.89. The number of aromatic nitrogens is 1. The van der Waals surface area contributed by atoms with Gasteiger partial charge in [0.25, 0.3) is 5.91 Å². The molecule has 0 aliphatic heterocycles. The van der Waals surface area contributed by atoms with Crippen molar-refractivity contribution in [1.29, 1.82) is 0 Å². The molecule has 0 radical (unpaired) electrons. The van der Waals surface area contributed by atoms with Crippen LogP contribution in [0.5, 0.6) is 11.5 Å². The van der Waals surface area contributed by atoms with Gasteiger partial charge in [0, 0.05) is 17.7 Å². The number of carbonyl (C=O) groups is 1. The number of hydrogen-bond donors (Lipinski definition) is 2. The number of carbonyl (C=O) groups excluding carboxylic acids is 1. The van der Waals surface area contributed by atoms with Crippen molar-refractivity contribution in [2.75, 3.05) is 24.9 Å². The average molecular weight is 363 g/mol. The van der Waals surface area contributed by atoms with Gasteiger partial charge in [-0.25, -0.2) is 4.98 Å². The second-order valence-corrected chi connectivity index (χ2v) is 5.78. The number of nitrogens with zero attached hydrogens (tertiary/aromatic N) is 1. The molecule has 0 fully saturated rings. The van der Waals surface area contributed by atoms with E-state index in [1.165, 1.54) is 0 Å². The topological polar surface area (TPSA) is 72.5 Å². The summed E-state index contributed by atoms with van der Waals surface area (Å²) < 4.78 is 10.5. The molecular weight excluding hydrogens is 342 g/mol. The molecule has 1 amide bonds. The fourth-order valence-electron chi connectivity index (χ4n) is 2.57. The molecule has 6 heteroatoms. The lowest BCUT2D eigenvalue weighted by molar-refractivity contribution is 0.102. The number of anilines is 2. The SMILES string of the molecule is COc1cccc(C(=O)Nc2ccc(NCc3ccccc3OC)nc2)c1. The van der Waals surface area contributed by atoms with Gasteiger partial charge in [0.2, 0.25) is 0 Å². The Balaban J connectivity index is 1.60. The number of methoxy groups -OCH3 is 2. The van der Waals surface area contributed by atoms with E-state index in [0.717, 1.165) is 11.3 Å².